The Morgan fingerprint density at radius 1 is 1.35 bits per heavy atom. The summed E-state index contributed by atoms with van der Waals surface area (Å²) in [5, 5.41) is 20.8. The molecule has 0 radical (unpaired) electrons. The molecule has 0 unspecified atom stereocenters. The molecule has 8 heteroatoms. The van der Waals surface area contributed by atoms with Crippen molar-refractivity contribution in [2.75, 3.05) is 0 Å². The number of aromatic nitrogens is 1. The zero-order valence-electron chi connectivity index (χ0n) is 9.82. The van der Waals surface area contributed by atoms with E-state index in [9.17, 15) is 14.9 Å². The lowest BCUT2D eigenvalue weighted by atomic mass is 10.2. The number of hydrogen-bond donors (Lipinski definition) is 1. The van der Waals surface area contributed by atoms with E-state index in [0.717, 1.165) is 11.8 Å². The van der Waals surface area contributed by atoms with E-state index in [-0.39, 0.29) is 16.1 Å². The van der Waals surface area contributed by atoms with Crippen molar-refractivity contribution in [3.63, 3.8) is 0 Å². The highest BCUT2D eigenvalue weighted by atomic mass is 35.5. The highest BCUT2D eigenvalue weighted by molar-refractivity contribution is 7.99. The van der Waals surface area contributed by atoms with Gasteiger partial charge in [0.25, 0.3) is 5.69 Å². The summed E-state index contributed by atoms with van der Waals surface area (Å²) in [5.74, 6) is -1.25. The van der Waals surface area contributed by atoms with Gasteiger partial charge in [0.2, 0.25) is 0 Å². The van der Waals surface area contributed by atoms with Gasteiger partial charge in [0.15, 0.2) is 0 Å². The van der Waals surface area contributed by atoms with E-state index in [4.69, 9.17) is 16.7 Å². The number of nitro groups is 1. The van der Waals surface area contributed by atoms with Gasteiger partial charge in [0.1, 0.15) is 9.92 Å². The molecular weight excluding hydrogens is 304 g/mol. The molecule has 0 aliphatic rings. The monoisotopic (exact) mass is 310 g/mol. The average molecular weight is 311 g/mol. The summed E-state index contributed by atoms with van der Waals surface area (Å²) in [6, 6.07) is 7.06. The largest absolute Gasteiger partial charge is 0.478 e. The molecule has 0 fully saturated rings. The van der Waals surface area contributed by atoms with E-state index in [1.807, 2.05) is 0 Å². The van der Waals surface area contributed by atoms with Crippen LogP contribution in [0.2, 0.25) is 5.02 Å². The van der Waals surface area contributed by atoms with Crippen LogP contribution in [0.25, 0.3) is 0 Å². The number of aromatic carboxylic acids is 1. The molecule has 1 N–H and O–H groups in total. The number of carbonyl (C=O) groups is 1. The highest BCUT2D eigenvalue weighted by Gasteiger charge is 2.23. The van der Waals surface area contributed by atoms with Crippen LogP contribution in [0.1, 0.15) is 10.4 Å². The van der Waals surface area contributed by atoms with Crippen LogP contribution in [0.15, 0.2) is 46.5 Å². The molecule has 1 aromatic carbocycles. The maximum Gasteiger partial charge on any atom is 0.337 e. The summed E-state index contributed by atoms with van der Waals surface area (Å²) >= 11 is 6.80. The van der Waals surface area contributed by atoms with Crippen LogP contribution < -0.4 is 0 Å². The fourth-order valence-electron chi connectivity index (χ4n) is 1.49. The second kappa shape index (κ2) is 5.89. The molecule has 0 bridgehead atoms. The van der Waals surface area contributed by atoms with Gasteiger partial charge in [-0.2, -0.15) is 0 Å². The molecular formula is C12H7ClN2O4S. The van der Waals surface area contributed by atoms with Gasteiger partial charge >= 0.3 is 5.97 Å². The number of nitrogens with zero attached hydrogens (tertiary/aromatic N) is 2. The predicted octanol–water partition coefficient (Wildman–Crippen LogP) is 3.49. The summed E-state index contributed by atoms with van der Waals surface area (Å²) < 4.78 is 0. The lowest BCUT2D eigenvalue weighted by Gasteiger charge is -2.07. The summed E-state index contributed by atoms with van der Waals surface area (Å²) in [6.45, 7) is 0. The Morgan fingerprint density at radius 2 is 2.10 bits per heavy atom. The maximum absolute atomic E-state index is 11.2. The van der Waals surface area contributed by atoms with Gasteiger partial charge in [-0.3, -0.25) is 10.1 Å². The minimum atomic E-state index is -1.25. The van der Waals surface area contributed by atoms with Crippen LogP contribution in [0, 0.1) is 10.1 Å². The van der Waals surface area contributed by atoms with E-state index in [1.165, 1.54) is 24.4 Å². The lowest BCUT2D eigenvalue weighted by molar-refractivity contribution is -0.387. The number of rotatable bonds is 4. The minimum Gasteiger partial charge on any atom is -0.478 e. The van der Waals surface area contributed by atoms with Crippen molar-refractivity contribution in [1.82, 2.24) is 4.98 Å². The molecule has 2 rings (SSSR count). The number of hydrogen-bond acceptors (Lipinski definition) is 5. The SMILES string of the molecule is O=C(O)c1cccc([N+](=O)[O-])c1Sc1ncccc1Cl. The molecule has 0 spiro atoms. The molecule has 0 saturated heterocycles. The van der Waals surface area contributed by atoms with Crippen molar-refractivity contribution < 1.29 is 14.8 Å². The number of nitro benzene ring substituents is 1. The van der Waals surface area contributed by atoms with Crippen LogP contribution >= 0.6 is 23.4 Å². The second-order valence-electron chi connectivity index (χ2n) is 3.61. The topological polar surface area (TPSA) is 93.3 Å². The molecule has 0 atom stereocenters. The van der Waals surface area contributed by atoms with Gasteiger partial charge in [-0.15, -0.1) is 0 Å². The molecule has 1 heterocycles. The van der Waals surface area contributed by atoms with Crippen LogP contribution in [-0.2, 0) is 0 Å². The lowest BCUT2D eigenvalue weighted by Crippen LogP contribution is -2.02. The van der Waals surface area contributed by atoms with E-state index in [1.54, 1.807) is 12.1 Å². The van der Waals surface area contributed by atoms with Crippen LogP contribution in [0.4, 0.5) is 5.69 Å². The standard InChI is InChI=1S/C12H7ClN2O4S/c13-8-4-2-6-14-11(8)20-10-7(12(16)17)3-1-5-9(10)15(18)19/h1-6H,(H,16,17). The molecule has 2 aromatic rings. The first-order valence-electron chi connectivity index (χ1n) is 5.29. The average Bonchev–Trinajstić information content (AvgIpc) is 2.41. The number of carboxylic acids is 1. The van der Waals surface area contributed by atoms with Gasteiger partial charge in [0, 0.05) is 12.3 Å². The smallest absolute Gasteiger partial charge is 0.337 e. The summed E-state index contributed by atoms with van der Waals surface area (Å²) in [5.41, 5.74) is -0.456. The van der Waals surface area contributed by atoms with Crippen molar-refractivity contribution in [1.29, 1.82) is 0 Å². The third-order valence-corrected chi connectivity index (χ3v) is 3.91. The van der Waals surface area contributed by atoms with Crippen molar-refractivity contribution in [3.8, 4) is 0 Å². The Morgan fingerprint density at radius 3 is 2.70 bits per heavy atom. The van der Waals surface area contributed by atoms with E-state index < -0.39 is 10.9 Å². The first-order chi connectivity index (χ1) is 9.50. The van der Waals surface area contributed by atoms with E-state index in [2.05, 4.69) is 4.98 Å². The molecule has 1 aromatic heterocycles. The normalized spacial score (nSPS) is 10.2. The number of halogens is 1. The Labute approximate surface area is 122 Å². The molecule has 102 valence electrons. The fourth-order valence-corrected chi connectivity index (χ4v) is 2.71. The van der Waals surface area contributed by atoms with E-state index in [0.29, 0.717) is 10.0 Å². The predicted molar refractivity (Wildman–Crippen MR) is 73.4 cm³/mol. The number of carboxylic acid groups (broad SMARTS) is 1. The van der Waals surface area contributed by atoms with Gasteiger partial charge < -0.3 is 5.11 Å². The molecule has 6 nitrogen and oxygen atoms in total. The van der Waals surface area contributed by atoms with Crippen molar-refractivity contribution in [2.24, 2.45) is 0 Å². The minimum absolute atomic E-state index is 0.00519. The van der Waals surface area contributed by atoms with Gasteiger partial charge in [-0.1, -0.05) is 29.4 Å². The third kappa shape index (κ3) is 2.89. The third-order valence-electron chi connectivity index (χ3n) is 2.34. The first kappa shape index (κ1) is 14.3. The Hall–Kier alpha value is -2.12. The van der Waals surface area contributed by atoms with Crippen molar-refractivity contribution in [2.45, 2.75) is 9.92 Å². The van der Waals surface area contributed by atoms with Crippen LogP contribution in [0.5, 0.6) is 0 Å². The zero-order valence-corrected chi connectivity index (χ0v) is 11.4. The maximum atomic E-state index is 11.2. The second-order valence-corrected chi connectivity index (χ2v) is 5.01. The van der Waals surface area contributed by atoms with Crippen LogP contribution in [-0.4, -0.2) is 21.0 Å². The molecule has 0 amide bonds. The fraction of sp³-hybridized carbons (Fsp3) is 0. The molecule has 0 aliphatic heterocycles. The Bertz CT molecular complexity index is 661. The highest BCUT2D eigenvalue weighted by Crippen LogP contribution is 2.39. The van der Waals surface area contributed by atoms with Crippen LogP contribution in [0.3, 0.4) is 0 Å². The molecule has 0 aliphatic carbocycles. The Balaban J connectivity index is 2.57. The molecule has 0 saturated carbocycles. The summed E-state index contributed by atoms with van der Waals surface area (Å²) in [4.78, 5) is 25.6. The van der Waals surface area contributed by atoms with Gasteiger partial charge in [0.05, 0.1) is 15.5 Å². The number of benzene rings is 1. The zero-order chi connectivity index (χ0) is 14.7. The first-order valence-corrected chi connectivity index (χ1v) is 6.49. The van der Waals surface area contributed by atoms with Crippen molar-refractivity contribution >= 4 is 35.0 Å². The van der Waals surface area contributed by atoms with Crippen molar-refractivity contribution in [3.05, 3.63) is 57.2 Å². The quantitative estimate of drug-likeness (QED) is 0.686. The Kier molecular flexibility index (Phi) is 4.21. The molecule has 20 heavy (non-hydrogen) atoms. The summed E-state index contributed by atoms with van der Waals surface area (Å²) in [7, 11) is 0. The number of pyridine rings is 1. The van der Waals surface area contributed by atoms with Gasteiger partial charge in [-0.25, -0.2) is 9.78 Å². The summed E-state index contributed by atoms with van der Waals surface area (Å²) in [6.07, 6.45) is 1.48. The van der Waals surface area contributed by atoms with E-state index >= 15 is 0 Å². The van der Waals surface area contributed by atoms with Gasteiger partial charge in [-0.05, 0) is 18.2 Å².